The van der Waals surface area contributed by atoms with Gasteiger partial charge in [-0.05, 0) is 31.2 Å². The molecule has 0 amide bonds. The van der Waals surface area contributed by atoms with E-state index >= 15 is 0 Å². The van der Waals surface area contributed by atoms with Crippen LogP contribution in [0.1, 0.15) is 24.5 Å². The first-order valence-electron chi connectivity index (χ1n) is 6.01. The largest absolute Gasteiger partial charge is 0.481 e. The highest BCUT2D eigenvalue weighted by Crippen LogP contribution is 2.17. The summed E-state index contributed by atoms with van der Waals surface area (Å²) in [6.07, 6.45) is 1.55. The lowest BCUT2D eigenvalue weighted by Crippen LogP contribution is -2.25. The van der Waals surface area contributed by atoms with Crippen LogP contribution in [-0.2, 0) is 11.2 Å². The van der Waals surface area contributed by atoms with Gasteiger partial charge in [0.25, 0.3) is 0 Å². The van der Waals surface area contributed by atoms with Crippen molar-refractivity contribution in [2.45, 2.75) is 26.7 Å². The van der Waals surface area contributed by atoms with Gasteiger partial charge in [-0.25, -0.2) is 0 Å². The summed E-state index contributed by atoms with van der Waals surface area (Å²) < 4.78 is 0. The van der Waals surface area contributed by atoms with Crippen LogP contribution in [0.2, 0.25) is 0 Å². The molecule has 0 aromatic heterocycles. The van der Waals surface area contributed by atoms with E-state index in [0.717, 1.165) is 6.42 Å². The van der Waals surface area contributed by atoms with E-state index in [1.54, 1.807) is 0 Å². The van der Waals surface area contributed by atoms with Gasteiger partial charge in [0.15, 0.2) is 0 Å². The monoisotopic (exact) mass is 235 g/mol. The Bertz CT molecular complexity index is 376. The van der Waals surface area contributed by atoms with Crippen LogP contribution < -0.4 is 5.73 Å². The van der Waals surface area contributed by atoms with Crippen LogP contribution in [0.25, 0.3) is 0 Å². The van der Waals surface area contributed by atoms with E-state index < -0.39 is 11.9 Å². The third-order valence-corrected chi connectivity index (χ3v) is 2.99. The second kappa shape index (κ2) is 6.40. The quantitative estimate of drug-likeness (QED) is 0.794. The number of aliphatic carboxylic acids is 1. The topological polar surface area (TPSA) is 63.3 Å². The molecular formula is C14H21NO2. The summed E-state index contributed by atoms with van der Waals surface area (Å²) >= 11 is 0. The van der Waals surface area contributed by atoms with E-state index in [1.165, 1.54) is 11.1 Å². The number of rotatable bonds is 6. The van der Waals surface area contributed by atoms with Gasteiger partial charge < -0.3 is 10.8 Å². The van der Waals surface area contributed by atoms with Gasteiger partial charge in [0.1, 0.15) is 0 Å². The van der Waals surface area contributed by atoms with E-state index in [4.69, 9.17) is 10.8 Å². The zero-order valence-corrected chi connectivity index (χ0v) is 10.5. The molecule has 3 N–H and O–H groups in total. The standard InChI is InChI=1S/C14H21NO2/c1-10-4-3-5-12(6-10)7-11(2)8-13(9-15)14(16)17/h3-6,11,13H,7-9,15H2,1-2H3,(H,16,17). The summed E-state index contributed by atoms with van der Waals surface area (Å²) in [4.78, 5) is 10.9. The summed E-state index contributed by atoms with van der Waals surface area (Å²) in [6.45, 7) is 4.36. The van der Waals surface area contributed by atoms with Gasteiger partial charge in [-0.15, -0.1) is 0 Å². The Balaban J connectivity index is 2.54. The van der Waals surface area contributed by atoms with Crippen LogP contribution in [0.15, 0.2) is 24.3 Å². The first-order valence-corrected chi connectivity index (χ1v) is 6.01. The van der Waals surface area contributed by atoms with E-state index in [2.05, 4.69) is 32.0 Å². The van der Waals surface area contributed by atoms with Crippen LogP contribution in [0.3, 0.4) is 0 Å². The van der Waals surface area contributed by atoms with Crippen molar-refractivity contribution in [1.82, 2.24) is 0 Å². The van der Waals surface area contributed by atoms with Gasteiger partial charge >= 0.3 is 5.97 Å². The van der Waals surface area contributed by atoms with Crippen molar-refractivity contribution in [3.8, 4) is 0 Å². The highest BCUT2D eigenvalue weighted by molar-refractivity contribution is 5.70. The second-order valence-corrected chi connectivity index (χ2v) is 4.80. The lowest BCUT2D eigenvalue weighted by atomic mass is 9.90. The summed E-state index contributed by atoms with van der Waals surface area (Å²) in [7, 11) is 0. The lowest BCUT2D eigenvalue weighted by Gasteiger charge is -2.16. The zero-order valence-electron chi connectivity index (χ0n) is 10.5. The van der Waals surface area contributed by atoms with Crippen molar-refractivity contribution in [1.29, 1.82) is 0 Å². The molecule has 0 bridgehead atoms. The summed E-state index contributed by atoms with van der Waals surface area (Å²) in [5, 5.41) is 8.95. The molecule has 0 aliphatic rings. The third-order valence-electron chi connectivity index (χ3n) is 2.99. The number of carboxylic acid groups (broad SMARTS) is 1. The van der Waals surface area contributed by atoms with Gasteiger partial charge in [-0.3, -0.25) is 4.79 Å². The summed E-state index contributed by atoms with van der Waals surface area (Å²) in [6, 6.07) is 8.33. The predicted molar refractivity (Wildman–Crippen MR) is 68.8 cm³/mol. The van der Waals surface area contributed by atoms with Crippen molar-refractivity contribution >= 4 is 5.97 Å². The highest BCUT2D eigenvalue weighted by Gasteiger charge is 2.18. The number of hydrogen-bond donors (Lipinski definition) is 2. The molecule has 1 aromatic rings. The fourth-order valence-corrected chi connectivity index (χ4v) is 2.11. The van der Waals surface area contributed by atoms with Crippen molar-refractivity contribution in [2.75, 3.05) is 6.54 Å². The number of aryl methyl sites for hydroxylation is 1. The molecule has 0 heterocycles. The Morgan fingerprint density at radius 3 is 2.71 bits per heavy atom. The van der Waals surface area contributed by atoms with Crippen LogP contribution in [0.4, 0.5) is 0 Å². The first-order chi connectivity index (χ1) is 8.02. The number of carboxylic acids is 1. The lowest BCUT2D eigenvalue weighted by molar-refractivity contribution is -0.141. The van der Waals surface area contributed by atoms with Gasteiger partial charge in [0, 0.05) is 6.54 Å². The Labute approximate surface area is 103 Å². The SMILES string of the molecule is Cc1cccc(CC(C)CC(CN)C(=O)O)c1. The molecule has 1 rings (SSSR count). The molecule has 0 aliphatic carbocycles. The van der Waals surface area contributed by atoms with Gasteiger partial charge in [0.05, 0.1) is 5.92 Å². The Morgan fingerprint density at radius 2 is 2.18 bits per heavy atom. The van der Waals surface area contributed by atoms with Crippen LogP contribution in [0.5, 0.6) is 0 Å². The fraction of sp³-hybridized carbons (Fsp3) is 0.500. The average Bonchev–Trinajstić information content (AvgIpc) is 2.25. The van der Waals surface area contributed by atoms with Crippen LogP contribution >= 0.6 is 0 Å². The maximum Gasteiger partial charge on any atom is 0.307 e. The molecule has 0 fully saturated rings. The molecule has 2 atom stereocenters. The number of benzene rings is 1. The van der Waals surface area contributed by atoms with E-state index in [-0.39, 0.29) is 6.54 Å². The Kier molecular flexibility index (Phi) is 5.16. The highest BCUT2D eigenvalue weighted by atomic mass is 16.4. The maximum atomic E-state index is 10.9. The maximum absolute atomic E-state index is 10.9. The molecule has 94 valence electrons. The summed E-state index contributed by atoms with van der Waals surface area (Å²) in [5.74, 6) is -0.875. The molecule has 0 saturated carbocycles. The van der Waals surface area contributed by atoms with Gasteiger partial charge in [-0.1, -0.05) is 36.8 Å². The van der Waals surface area contributed by atoms with E-state index in [1.807, 2.05) is 6.07 Å². The molecule has 0 saturated heterocycles. The fourth-order valence-electron chi connectivity index (χ4n) is 2.11. The Hall–Kier alpha value is -1.35. The van der Waals surface area contributed by atoms with Gasteiger partial charge in [-0.2, -0.15) is 0 Å². The first kappa shape index (κ1) is 13.7. The van der Waals surface area contributed by atoms with Crippen molar-refractivity contribution in [3.05, 3.63) is 35.4 Å². The molecule has 0 aliphatic heterocycles. The van der Waals surface area contributed by atoms with E-state index in [0.29, 0.717) is 12.3 Å². The molecule has 3 heteroatoms. The zero-order chi connectivity index (χ0) is 12.8. The third kappa shape index (κ3) is 4.57. The number of nitrogens with two attached hydrogens (primary N) is 1. The molecule has 1 aromatic carbocycles. The molecule has 3 nitrogen and oxygen atoms in total. The Morgan fingerprint density at radius 1 is 1.47 bits per heavy atom. The van der Waals surface area contributed by atoms with Crippen molar-refractivity contribution in [2.24, 2.45) is 17.6 Å². The number of carbonyl (C=O) groups is 1. The van der Waals surface area contributed by atoms with Crippen molar-refractivity contribution in [3.63, 3.8) is 0 Å². The van der Waals surface area contributed by atoms with Crippen LogP contribution in [0, 0.1) is 18.8 Å². The van der Waals surface area contributed by atoms with Gasteiger partial charge in [0.2, 0.25) is 0 Å². The summed E-state index contributed by atoms with van der Waals surface area (Å²) in [5.41, 5.74) is 7.96. The molecule has 0 spiro atoms. The van der Waals surface area contributed by atoms with E-state index in [9.17, 15) is 4.79 Å². The molecular weight excluding hydrogens is 214 g/mol. The second-order valence-electron chi connectivity index (χ2n) is 4.80. The normalized spacial score (nSPS) is 14.3. The predicted octanol–water partition coefficient (Wildman–Crippen LogP) is 2.22. The minimum atomic E-state index is -0.788. The molecule has 17 heavy (non-hydrogen) atoms. The average molecular weight is 235 g/mol. The molecule has 2 unspecified atom stereocenters. The molecule has 0 radical (unpaired) electrons. The minimum absolute atomic E-state index is 0.216. The number of hydrogen-bond acceptors (Lipinski definition) is 2. The van der Waals surface area contributed by atoms with Crippen LogP contribution in [-0.4, -0.2) is 17.6 Å². The smallest absolute Gasteiger partial charge is 0.307 e. The minimum Gasteiger partial charge on any atom is -0.481 e. The van der Waals surface area contributed by atoms with Crippen molar-refractivity contribution < 1.29 is 9.90 Å².